The molecule has 1 saturated carbocycles. The van der Waals surface area contributed by atoms with Crippen molar-refractivity contribution in [2.75, 3.05) is 27.7 Å². The predicted molar refractivity (Wildman–Crippen MR) is 121 cm³/mol. The van der Waals surface area contributed by atoms with Crippen molar-refractivity contribution in [2.45, 2.75) is 25.0 Å². The number of H-pyrrole nitrogens is 1. The summed E-state index contributed by atoms with van der Waals surface area (Å²) in [7, 11) is 5.79. The number of aromatic hydroxyl groups is 1. The van der Waals surface area contributed by atoms with E-state index in [1.165, 1.54) is 0 Å². The highest BCUT2D eigenvalue weighted by molar-refractivity contribution is 5.90. The summed E-state index contributed by atoms with van der Waals surface area (Å²) in [5.74, 6) is 1.04. The van der Waals surface area contributed by atoms with Crippen LogP contribution in [0.15, 0.2) is 54.7 Å². The maximum atomic E-state index is 12.3. The molecule has 0 saturated heterocycles. The molecule has 1 aliphatic rings. The number of amides is 1. The van der Waals surface area contributed by atoms with E-state index in [2.05, 4.69) is 10.2 Å². The highest BCUT2D eigenvalue weighted by Gasteiger charge is 2.35. The van der Waals surface area contributed by atoms with Gasteiger partial charge in [0.05, 0.1) is 17.1 Å². The zero-order valence-electron chi connectivity index (χ0n) is 18.1. The largest absolute Gasteiger partial charge is 0.508 e. The molecular weight excluding hydrogens is 392 g/mol. The Morgan fingerprint density at radius 3 is 2.65 bits per heavy atom. The second-order valence-electron chi connectivity index (χ2n) is 8.33. The molecule has 2 N–H and O–H groups in total. The molecule has 1 amide bonds. The Bertz CT molecular complexity index is 1080. The first-order chi connectivity index (χ1) is 14.9. The minimum atomic E-state index is 0.0249. The summed E-state index contributed by atoms with van der Waals surface area (Å²) < 4.78 is 6.31. The van der Waals surface area contributed by atoms with Gasteiger partial charge in [0.15, 0.2) is 0 Å². The molecule has 1 aromatic heterocycles. The fourth-order valence-corrected chi connectivity index (χ4v) is 3.73. The van der Waals surface area contributed by atoms with Crippen molar-refractivity contribution in [1.29, 1.82) is 0 Å². The molecule has 162 valence electrons. The van der Waals surface area contributed by atoms with Crippen molar-refractivity contribution in [2.24, 2.45) is 0 Å². The van der Waals surface area contributed by atoms with Crippen LogP contribution in [-0.4, -0.2) is 70.8 Å². The smallest absolute Gasteiger partial charge is 0.246 e. The molecule has 7 heteroatoms. The number of phenolic OH excluding ortho intramolecular Hbond substituents is 1. The summed E-state index contributed by atoms with van der Waals surface area (Å²) in [5, 5.41) is 17.7. The lowest BCUT2D eigenvalue weighted by Crippen LogP contribution is -2.49. The number of fused-ring (bicyclic) bond motifs is 1. The van der Waals surface area contributed by atoms with Gasteiger partial charge in [0.1, 0.15) is 17.6 Å². The second kappa shape index (κ2) is 8.81. The SMILES string of the molecule is CN(C)C/C=C/C(=O)N(C)[C@H]1C[C@H](Oc2cc(-c3ccc(O)cc3)cc3[nH]ncc23)C1. The quantitative estimate of drug-likeness (QED) is 0.573. The highest BCUT2D eigenvalue weighted by atomic mass is 16.5. The molecule has 1 aliphatic carbocycles. The lowest BCUT2D eigenvalue weighted by Gasteiger charge is -2.40. The molecule has 4 rings (SSSR count). The van der Waals surface area contributed by atoms with E-state index in [0.29, 0.717) is 0 Å². The fraction of sp³-hybridized carbons (Fsp3) is 0.333. The van der Waals surface area contributed by atoms with Crippen LogP contribution in [-0.2, 0) is 4.79 Å². The Balaban J connectivity index is 1.43. The number of likely N-dealkylation sites (N-methyl/N-ethyl adjacent to an activating group) is 2. The van der Waals surface area contributed by atoms with Crippen LogP contribution in [0, 0.1) is 0 Å². The molecule has 0 bridgehead atoms. The highest BCUT2D eigenvalue weighted by Crippen LogP contribution is 2.36. The average Bonchev–Trinajstić information content (AvgIpc) is 3.18. The van der Waals surface area contributed by atoms with Crippen LogP contribution >= 0.6 is 0 Å². The number of nitrogens with one attached hydrogen (secondary N) is 1. The summed E-state index contributed by atoms with van der Waals surface area (Å²) in [4.78, 5) is 16.2. The van der Waals surface area contributed by atoms with E-state index < -0.39 is 0 Å². The second-order valence-corrected chi connectivity index (χ2v) is 8.33. The third-order valence-electron chi connectivity index (χ3n) is 5.71. The van der Waals surface area contributed by atoms with E-state index >= 15 is 0 Å². The maximum Gasteiger partial charge on any atom is 0.246 e. The van der Waals surface area contributed by atoms with Gasteiger partial charge < -0.3 is 19.6 Å². The monoisotopic (exact) mass is 420 g/mol. The van der Waals surface area contributed by atoms with Crippen molar-refractivity contribution >= 4 is 16.8 Å². The number of benzene rings is 2. The number of nitrogens with zero attached hydrogens (tertiary/aromatic N) is 3. The fourth-order valence-electron chi connectivity index (χ4n) is 3.73. The standard InChI is InChI=1S/C24H28N4O3/c1-27(2)10-4-5-24(30)28(3)18-13-20(14-18)31-23-12-17(11-22-21(23)15-25-26-22)16-6-8-19(29)9-7-16/h4-9,11-12,15,18,20,29H,10,13-14H2,1-3H3,(H,25,26)/b5-4+/t18-,20-. The third kappa shape index (κ3) is 4.72. The molecule has 3 aromatic rings. The van der Waals surface area contributed by atoms with Crippen LogP contribution < -0.4 is 4.74 Å². The number of hydrogen-bond donors (Lipinski definition) is 2. The lowest BCUT2D eigenvalue weighted by atomic mass is 9.88. The van der Waals surface area contributed by atoms with E-state index in [1.807, 2.05) is 56.4 Å². The van der Waals surface area contributed by atoms with Gasteiger partial charge in [-0.25, -0.2) is 0 Å². The Morgan fingerprint density at radius 2 is 1.94 bits per heavy atom. The van der Waals surface area contributed by atoms with E-state index in [-0.39, 0.29) is 23.8 Å². The number of ether oxygens (including phenoxy) is 1. The molecular formula is C24H28N4O3. The minimum Gasteiger partial charge on any atom is -0.508 e. The molecule has 0 radical (unpaired) electrons. The number of carbonyl (C=O) groups is 1. The van der Waals surface area contributed by atoms with Crippen LogP contribution in [0.5, 0.6) is 11.5 Å². The lowest BCUT2D eigenvalue weighted by molar-refractivity contribution is -0.130. The Labute approximate surface area is 181 Å². The number of hydrogen-bond acceptors (Lipinski definition) is 5. The number of carbonyl (C=O) groups excluding carboxylic acids is 1. The van der Waals surface area contributed by atoms with Gasteiger partial charge in [0.2, 0.25) is 5.91 Å². The first-order valence-corrected chi connectivity index (χ1v) is 10.4. The predicted octanol–water partition coefficient (Wildman–Crippen LogP) is 3.42. The van der Waals surface area contributed by atoms with E-state index in [9.17, 15) is 9.90 Å². The molecule has 2 aromatic carbocycles. The van der Waals surface area contributed by atoms with Crippen LogP contribution in [0.3, 0.4) is 0 Å². The van der Waals surface area contributed by atoms with Gasteiger partial charge in [-0.3, -0.25) is 9.89 Å². The molecule has 31 heavy (non-hydrogen) atoms. The number of aromatic amines is 1. The number of aromatic nitrogens is 2. The van der Waals surface area contributed by atoms with Gasteiger partial charge in [-0.2, -0.15) is 5.10 Å². The van der Waals surface area contributed by atoms with Gasteiger partial charge >= 0.3 is 0 Å². The van der Waals surface area contributed by atoms with Crippen molar-refractivity contribution < 1.29 is 14.6 Å². The first-order valence-electron chi connectivity index (χ1n) is 10.4. The maximum absolute atomic E-state index is 12.3. The molecule has 1 fully saturated rings. The van der Waals surface area contributed by atoms with E-state index in [0.717, 1.165) is 47.2 Å². The normalized spacial score (nSPS) is 18.5. The number of rotatable bonds is 7. The number of phenols is 1. The molecule has 0 spiro atoms. The summed E-state index contributed by atoms with van der Waals surface area (Å²) >= 11 is 0. The van der Waals surface area contributed by atoms with Gasteiger partial charge in [-0.15, -0.1) is 0 Å². The Hall–Kier alpha value is -3.32. The van der Waals surface area contributed by atoms with Gasteiger partial charge in [-0.1, -0.05) is 18.2 Å². The zero-order chi connectivity index (χ0) is 22.0. The topological polar surface area (TPSA) is 81.7 Å². The Kier molecular flexibility index (Phi) is 5.95. The van der Waals surface area contributed by atoms with Gasteiger partial charge in [-0.05, 0) is 49.5 Å². The molecule has 1 heterocycles. The van der Waals surface area contributed by atoms with Crippen molar-refractivity contribution in [3.05, 3.63) is 54.7 Å². The van der Waals surface area contributed by atoms with Crippen LogP contribution in [0.4, 0.5) is 0 Å². The molecule has 0 atom stereocenters. The van der Waals surface area contributed by atoms with Crippen LogP contribution in [0.2, 0.25) is 0 Å². The van der Waals surface area contributed by atoms with E-state index in [4.69, 9.17) is 4.74 Å². The summed E-state index contributed by atoms with van der Waals surface area (Å²) in [6.45, 7) is 0.744. The van der Waals surface area contributed by atoms with E-state index in [1.54, 1.807) is 29.3 Å². The van der Waals surface area contributed by atoms with Crippen LogP contribution in [0.1, 0.15) is 12.8 Å². The average molecular weight is 421 g/mol. The summed E-state index contributed by atoms with van der Waals surface area (Å²) in [6.07, 6.45) is 6.95. The van der Waals surface area contributed by atoms with Gasteiger partial charge in [0.25, 0.3) is 0 Å². The zero-order valence-corrected chi connectivity index (χ0v) is 18.1. The summed E-state index contributed by atoms with van der Waals surface area (Å²) in [5.41, 5.74) is 2.87. The summed E-state index contributed by atoms with van der Waals surface area (Å²) in [6, 6.07) is 11.3. The molecule has 0 unspecified atom stereocenters. The van der Waals surface area contributed by atoms with Gasteiger partial charge in [0, 0.05) is 38.6 Å². The molecule has 7 nitrogen and oxygen atoms in total. The van der Waals surface area contributed by atoms with Crippen molar-refractivity contribution in [3.8, 4) is 22.6 Å². The molecule has 0 aliphatic heterocycles. The van der Waals surface area contributed by atoms with Crippen molar-refractivity contribution in [1.82, 2.24) is 20.0 Å². The van der Waals surface area contributed by atoms with Crippen LogP contribution in [0.25, 0.3) is 22.0 Å². The third-order valence-corrected chi connectivity index (χ3v) is 5.71. The van der Waals surface area contributed by atoms with Crippen molar-refractivity contribution in [3.63, 3.8) is 0 Å². The first kappa shape index (κ1) is 20.9. The Morgan fingerprint density at radius 1 is 1.19 bits per heavy atom. The minimum absolute atomic E-state index is 0.0249.